The third-order valence-electron chi connectivity index (χ3n) is 3.05. The minimum atomic E-state index is -0.968. The van der Waals surface area contributed by atoms with Crippen molar-refractivity contribution in [3.63, 3.8) is 0 Å². The Morgan fingerprint density at radius 3 is 2.83 bits per heavy atom. The maximum atomic E-state index is 10.7. The van der Waals surface area contributed by atoms with E-state index in [0.717, 1.165) is 36.2 Å². The molecular weight excluding hydrogens is 252 g/mol. The molecule has 7 heteroatoms. The van der Waals surface area contributed by atoms with Gasteiger partial charge in [0.1, 0.15) is 6.04 Å². The summed E-state index contributed by atoms with van der Waals surface area (Å²) < 4.78 is 0. The number of likely N-dealkylation sites (N-methyl/N-ethyl adjacent to an activating group) is 1. The summed E-state index contributed by atoms with van der Waals surface area (Å²) >= 11 is 1.54. The van der Waals surface area contributed by atoms with Gasteiger partial charge in [-0.15, -0.1) is 11.3 Å². The van der Waals surface area contributed by atoms with Crippen LogP contribution in [-0.4, -0.2) is 60.2 Å². The van der Waals surface area contributed by atoms with Gasteiger partial charge in [0.2, 0.25) is 0 Å². The number of hydrogen-bond donors (Lipinski definition) is 2. The van der Waals surface area contributed by atoms with Crippen LogP contribution in [0.5, 0.6) is 0 Å². The summed E-state index contributed by atoms with van der Waals surface area (Å²) in [5, 5.41) is 9.74. The van der Waals surface area contributed by atoms with Crippen LogP contribution in [0, 0.1) is 0 Å². The fourth-order valence-corrected chi connectivity index (χ4v) is 2.86. The molecule has 1 unspecified atom stereocenters. The third kappa shape index (κ3) is 3.18. The van der Waals surface area contributed by atoms with E-state index in [2.05, 4.69) is 21.8 Å². The topological polar surface area (TPSA) is 82.7 Å². The second-order valence-corrected chi connectivity index (χ2v) is 5.64. The van der Waals surface area contributed by atoms with Crippen molar-refractivity contribution in [3.8, 4) is 0 Å². The first kappa shape index (κ1) is 13.3. The molecular formula is C11H18N4O2S. The summed E-state index contributed by atoms with van der Waals surface area (Å²) in [6.45, 7) is 4.00. The molecule has 3 N–H and O–H groups in total. The normalized spacial score (nSPS) is 18.9. The number of aromatic nitrogens is 1. The van der Waals surface area contributed by atoms with Gasteiger partial charge in [-0.2, -0.15) is 0 Å². The second kappa shape index (κ2) is 5.64. The van der Waals surface area contributed by atoms with Crippen LogP contribution >= 0.6 is 11.3 Å². The molecule has 0 amide bonds. The van der Waals surface area contributed by atoms with Gasteiger partial charge in [0.25, 0.3) is 0 Å². The molecule has 2 heterocycles. The molecule has 1 aromatic heterocycles. The quantitative estimate of drug-likeness (QED) is 0.792. The van der Waals surface area contributed by atoms with Crippen LogP contribution in [0.3, 0.4) is 0 Å². The highest BCUT2D eigenvalue weighted by atomic mass is 32.1. The van der Waals surface area contributed by atoms with Gasteiger partial charge in [-0.05, 0) is 7.05 Å². The second-order valence-electron chi connectivity index (χ2n) is 4.55. The molecule has 0 bridgehead atoms. The Bertz CT molecular complexity index is 415. The zero-order valence-corrected chi connectivity index (χ0v) is 11.2. The summed E-state index contributed by atoms with van der Waals surface area (Å²) in [4.78, 5) is 20.5. The lowest BCUT2D eigenvalue weighted by Gasteiger charge is -2.32. The van der Waals surface area contributed by atoms with Gasteiger partial charge in [0.05, 0.1) is 0 Å². The average Bonchev–Trinajstić information content (AvgIpc) is 2.78. The SMILES string of the molecule is CN1CCN(c2ncc(CC(N)C(=O)O)s2)CC1. The number of carboxylic acids is 1. The number of aliphatic carboxylic acids is 1. The number of anilines is 1. The lowest BCUT2D eigenvalue weighted by molar-refractivity contribution is -0.138. The van der Waals surface area contributed by atoms with Gasteiger partial charge >= 0.3 is 5.97 Å². The Kier molecular flexibility index (Phi) is 4.15. The highest BCUT2D eigenvalue weighted by Gasteiger charge is 2.19. The smallest absolute Gasteiger partial charge is 0.320 e. The Morgan fingerprint density at radius 2 is 2.22 bits per heavy atom. The molecule has 0 spiro atoms. The van der Waals surface area contributed by atoms with Crippen LogP contribution in [0.2, 0.25) is 0 Å². The van der Waals surface area contributed by atoms with E-state index in [4.69, 9.17) is 10.8 Å². The number of carbonyl (C=O) groups is 1. The summed E-state index contributed by atoms with van der Waals surface area (Å²) in [5.74, 6) is -0.968. The first-order chi connectivity index (χ1) is 8.56. The monoisotopic (exact) mass is 270 g/mol. The molecule has 0 saturated carbocycles. The van der Waals surface area contributed by atoms with E-state index < -0.39 is 12.0 Å². The summed E-state index contributed by atoms with van der Waals surface area (Å²) in [7, 11) is 2.11. The Hall–Kier alpha value is -1.18. The molecule has 1 saturated heterocycles. The first-order valence-corrected chi connectivity index (χ1v) is 6.74. The zero-order valence-electron chi connectivity index (χ0n) is 10.4. The number of nitrogens with zero attached hydrogens (tertiary/aromatic N) is 3. The van der Waals surface area contributed by atoms with E-state index in [1.165, 1.54) is 11.3 Å². The van der Waals surface area contributed by atoms with Crippen LogP contribution in [-0.2, 0) is 11.2 Å². The third-order valence-corrected chi connectivity index (χ3v) is 4.13. The molecule has 0 aliphatic carbocycles. The van der Waals surface area contributed by atoms with Crippen molar-refractivity contribution in [2.45, 2.75) is 12.5 Å². The molecule has 6 nitrogen and oxygen atoms in total. The van der Waals surface area contributed by atoms with Crippen molar-refractivity contribution in [1.82, 2.24) is 9.88 Å². The van der Waals surface area contributed by atoms with Crippen LogP contribution < -0.4 is 10.6 Å². The highest BCUT2D eigenvalue weighted by molar-refractivity contribution is 7.15. The van der Waals surface area contributed by atoms with E-state index in [1.807, 2.05) is 0 Å². The number of thiazole rings is 1. The van der Waals surface area contributed by atoms with Crippen molar-refractivity contribution >= 4 is 22.4 Å². The molecule has 1 aliphatic heterocycles. The molecule has 18 heavy (non-hydrogen) atoms. The first-order valence-electron chi connectivity index (χ1n) is 5.93. The fraction of sp³-hybridized carbons (Fsp3) is 0.636. The van der Waals surface area contributed by atoms with Gasteiger partial charge in [-0.25, -0.2) is 4.98 Å². The number of piperazine rings is 1. The van der Waals surface area contributed by atoms with Gasteiger partial charge in [-0.1, -0.05) is 0 Å². The molecule has 2 rings (SSSR count). The maximum absolute atomic E-state index is 10.7. The lowest BCUT2D eigenvalue weighted by atomic mass is 10.2. The van der Waals surface area contributed by atoms with Gasteiger partial charge in [-0.3, -0.25) is 4.79 Å². The largest absolute Gasteiger partial charge is 0.480 e. The van der Waals surface area contributed by atoms with E-state index >= 15 is 0 Å². The van der Waals surface area contributed by atoms with Crippen molar-refractivity contribution in [3.05, 3.63) is 11.1 Å². The van der Waals surface area contributed by atoms with Crippen LogP contribution in [0.4, 0.5) is 5.13 Å². The molecule has 1 aliphatic rings. The molecule has 0 aromatic carbocycles. The molecule has 1 fully saturated rings. The minimum absolute atomic E-state index is 0.348. The van der Waals surface area contributed by atoms with Crippen LogP contribution in [0.1, 0.15) is 4.88 Å². The molecule has 0 radical (unpaired) electrons. The Balaban J connectivity index is 1.95. The molecule has 1 atom stereocenters. The summed E-state index contributed by atoms with van der Waals surface area (Å²) in [6, 6.07) is -0.842. The van der Waals surface area contributed by atoms with E-state index in [1.54, 1.807) is 6.20 Å². The predicted molar refractivity (Wildman–Crippen MR) is 71.1 cm³/mol. The number of rotatable bonds is 4. The fourth-order valence-electron chi connectivity index (χ4n) is 1.84. The van der Waals surface area contributed by atoms with Crippen LogP contribution in [0.15, 0.2) is 6.20 Å². The van der Waals surface area contributed by atoms with E-state index in [0.29, 0.717) is 6.42 Å². The minimum Gasteiger partial charge on any atom is -0.480 e. The highest BCUT2D eigenvalue weighted by Crippen LogP contribution is 2.24. The molecule has 1 aromatic rings. The summed E-state index contributed by atoms with van der Waals surface area (Å²) in [6.07, 6.45) is 2.09. The summed E-state index contributed by atoms with van der Waals surface area (Å²) in [5.41, 5.74) is 5.51. The average molecular weight is 270 g/mol. The van der Waals surface area contributed by atoms with Crippen molar-refractivity contribution < 1.29 is 9.90 Å². The van der Waals surface area contributed by atoms with Gasteiger partial charge in [0, 0.05) is 43.7 Å². The number of nitrogens with two attached hydrogens (primary N) is 1. The van der Waals surface area contributed by atoms with Gasteiger partial charge < -0.3 is 20.6 Å². The van der Waals surface area contributed by atoms with Crippen molar-refractivity contribution in [2.75, 3.05) is 38.1 Å². The predicted octanol–water partition coefficient (Wildman–Crippen LogP) is -0.151. The lowest BCUT2D eigenvalue weighted by Crippen LogP contribution is -2.44. The maximum Gasteiger partial charge on any atom is 0.320 e. The standard InChI is InChI=1S/C11H18N4O2S/c1-14-2-4-15(5-3-14)11-13-7-8(18-11)6-9(12)10(16)17/h7,9H,2-6,12H2,1H3,(H,16,17). The van der Waals surface area contributed by atoms with E-state index in [-0.39, 0.29) is 0 Å². The van der Waals surface area contributed by atoms with Crippen molar-refractivity contribution in [1.29, 1.82) is 0 Å². The molecule has 100 valence electrons. The zero-order chi connectivity index (χ0) is 13.1. The van der Waals surface area contributed by atoms with Gasteiger partial charge in [0.15, 0.2) is 5.13 Å². The van der Waals surface area contributed by atoms with Crippen LogP contribution in [0.25, 0.3) is 0 Å². The number of hydrogen-bond acceptors (Lipinski definition) is 6. The van der Waals surface area contributed by atoms with Crippen molar-refractivity contribution in [2.24, 2.45) is 5.73 Å². The Morgan fingerprint density at radius 1 is 1.56 bits per heavy atom. The van der Waals surface area contributed by atoms with E-state index in [9.17, 15) is 4.79 Å². The Labute approximate surface area is 110 Å². The number of carboxylic acid groups (broad SMARTS) is 1.